The molecule has 2 aliphatic heterocycles. The van der Waals surface area contributed by atoms with Crippen LogP contribution in [0.4, 0.5) is 0 Å². The SMILES string of the molecule is Cn1cncc1[C@@H]1C[C@H](N[C@@H]2[C@@H]3CCO[C@@H]3C2(C)C)CCO1. The Kier molecular flexibility index (Phi) is 3.55. The summed E-state index contributed by atoms with van der Waals surface area (Å²) in [7, 11) is 2.04. The number of rotatable bonds is 3. The molecule has 5 atom stereocenters. The molecule has 1 N–H and O–H groups in total. The zero-order chi connectivity index (χ0) is 15.3. The summed E-state index contributed by atoms with van der Waals surface area (Å²) in [5, 5.41) is 3.94. The zero-order valence-electron chi connectivity index (χ0n) is 13.8. The number of hydrogen-bond acceptors (Lipinski definition) is 4. The Morgan fingerprint density at radius 3 is 2.86 bits per heavy atom. The number of hydrogen-bond donors (Lipinski definition) is 1. The number of nitrogens with one attached hydrogen (secondary N) is 1. The molecule has 5 heteroatoms. The molecule has 0 radical (unpaired) electrons. The van der Waals surface area contributed by atoms with Gasteiger partial charge < -0.3 is 19.4 Å². The first-order valence-electron chi connectivity index (χ1n) is 8.53. The van der Waals surface area contributed by atoms with Crippen LogP contribution in [0.3, 0.4) is 0 Å². The van der Waals surface area contributed by atoms with Crippen LogP contribution >= 0.6 is 0 Å². The third-order valence-corrected chi connectivity index (χ3v) is 5.98. The average Bonchev–Trinajstić information content (AvgIpc) is 3.12. The van der Waals surface area contributed by atoms with Crippen molar-refractivity contribution in [1.82, 2.24) is 14.9 Å². The third kappa shape index (κ3) is 2.22. The Balaban J connectivity index is 1.42. The van der Waals surface area contributed by atoms with Gasteiger partial charge in [-0.2, -0.15) is 0 Å². The molecule has 1 aromatic heterocycles. The van der Waals surface area contributed by atoms with Crippen LogP contribution in [0, 0.1) is 11.3 Å². The van der Waals surface area contributed by atoms with E-state index in [-0.39, 0.29) is 11.5 Å². The molecule has 1 saturated carbocycles. The summed E-state index contributed by atoms with van der Waals surface area (Å²) in [6, 6.07) is 1.11. The van der Waals surface area contributed by atoms with Gasteiger partial charge >= 0.3 is 0 Å². The van der Waals surface area contributed by atoms with Crippen molar-refractivity contribution in [3.8, 4) is 0 Å². The molecule has 3 fully saturated rings. The highest BCUT2D eigenvalue weighted by atomic mass is 16.5. The molecular formula is C17H27N3O2. The molecule has 5 nitrogen and oxygen atoms in total. The minimum absolute atomic E-state index is 0.164. The molecule has 3 heterocycles. The first-order valence-corrected chi connectivity index (χ1v) is 8.53. The van der Waals surface area contributed by atoms with Gasteiger partial charge in [-0.15, -0.1) is 0 Å². The van der Waals surface area contributed by atoms with Crippen molar-refractivity contribution in [3.63, 3.8) is 0 Å². The fourth-order valence-electron chi connectivity index (χ4n) is 4.75. The first kappa shape index (κ1) is 14.7. The van der Waals surface area contributed by atoms with Crippen LogP contribution in [0.2, 0.25) is 0 Å². The van der Waals surface area contributed by atoms with Crippen LogP contribution in [0.25, 0.3) is 0 Å². The fraction of sp³-hybridized carbons (Fsp3) is 0.824. The van der Waals surface area contributed by atoms with Gasteiger partial charge in [0.1, 0.15) is 6.10 Å². The van der Waals surface area contributed by atoms with Crippen molar-refractivity contribution in [1.29, 1.82) is 0 Å². The van der Waals surface area contributed by atoms with Gasteiger partial charge in [0.2, 0.25) is 0 Å². The maximum Gasteiger partial charge on any atom is 0.100 e. The maximum absolute atomic E-state index is 5.98. The maximum atomic E-state index is 5.98. The second-order valence-corrected chi connectivity index (χ2v) is 7.72. The van der Waals surface area contributed by atoms with E-state index in [4.69, 9.17) is 9.47 Å². The second kappa shape index (κ2) is 5.32. The highest BCUT2D eigenvalue weighted by molar-refractivity contribution is 5.12. The topological polar surface area (TPSA) is 48.3 Å². The van der Waals surface area contributed by atoms with E-state index in [0.717, 1.165) is 26.1 Å². The van der Waals surface area contributed by atoms with Crippen molar-refractivity contribution in [2.24, 2.45) is 18.4 Å². The van der Waals surface area contributed by atoms with Crippen LogP contribution in [-0.2, 0) is 16.5 Å². The predicted octanol–water partition coefficient (Wildman–Crippen LogP) is 2.04. The molecule has 122 valence electrons. The van der Waals surface area contributed by atoms with Crippen molar-refractivity contribution in [2.75, 3.05) is 13.2 Å². The molecular weight excluding hydrogens is 278 g/mol. The normalized spacial score (nSPS) is 40.2. The predicted molar refractivity (Wildman–Crippen MR) is 83.5 cm³/mol. The number of ether oxygens (including phenoxy) is 2. The molecule has 3 aliphatic rings. The van der Waals surface area contributed by atoms with Crippen LogP contribution in [0.5, 0.6) is 0 Å². The zero-order valence-corrected chi connectivity index (χ0v) is 13.8. The number of aryl methyl sites for hydroxylation is 1. The molecule has 2 saturated heterocycles. The fourth-order valence-corrected chi connectivity index (χ4v) is 4.75. The average molecular weight is 305 g/mol. The largest absolute Gasteiger partial charge is 0.377 e. The summed E-state index contributed by atoms with van der Waals surface area (Å²) < 4.78 is 14.0. The van der Waals surface area contributed by atoms with Crippen LogP contribution in [0.1, 0.15) is 44.9 Å². The lowest BCUT2D eigenvalue weighted by Gasteiger charge is -2.56. The summed E-state index contributed by atoms with van der Waals surface area (Å²) in [6.07, 6.45) is 7.74. The molecule has 4 rings (SSSR count). The molecule has 0 unspecified atom stereocenters. The van der Waals surface area contributed by atoms with E-state index < -0.39 is 0 Å². The van der Waals surface area contributed by atoms with E-state index >= 15 is 0 Å². The Morgan fingerprint density at radius 1 is 1.27 bits per heavy atom. The van der Waals surface area contributed by atoms with Crippen molar-refractivity contribution < 1.29 is 9.47 Å². The van der Waals surface area contributed by atoms with Crippen LogP contribution in [0.15, 0.2) is 12.5 Å². The molecule has 0 amide bonds. The van der Waals surface area contributed by atoms with E-state index in [0.29, 0.717) is 24.1 Å². The van der Waals surface area contributed by atoms with Gasteiger partial charge in [0.05, 0.1) is 24.3 Å². The lowest BCUT2D eigenvalue weighted by atomic mass is 9.57. The summed E-state index contributed by atoms with van der Waals surface area (Å²) in [6.45, 7) is 6.44. The van der Waals surface area contributed by atoms with Crippen LogP contribution < -0.4 is 5.32 Å². The van der Waals surface area contributed by atoms with Crippen LogP contribution in [-0.4, -0.2) is 41.0 Å². The minimum atomic E-state index is 0.164. The highest BCUT2D eigenvalue weighted by Crippen LogP contribution is 2.52. The Morgan fingerprint density at radius 2 is 2.09 bits per heavy atom. The van der Waals surface area contributed by atoms with Crippen molar-refractivity contribution in [2.45, 2.75) is 57.4 Å². The van der Waals surface area contributed by atoms with E-state index in [1.54, 1.807) is 0 Å². The van der Waals surface area contributed by atoms with Gasteiger partial charge in [0, 0.05) is 43.7 Å². The lowest BCUT2D eigenvalue weighted by Crippen LogP contribution is -2.67. The summed E-state index contributed by atoms with van der Waals surface area (Å²) in [5.41, 5.74) is 1.43. The molecule has 1 aromatic rings. The quantitative estimate of drug-likeness (QED) is 0.928. The second-order valence-electron chi connectivity index (χ2n) is 7.72. The molecule has 0 bridgehead atoms. The van der Waals surface area contributed by atoms with Gasteiger partial charge in [-0.05, 0) is 19.3 Å². The minimum Gasteiger partial charge on any atom is -0.377 e. The highest BCUT2D eigenvalue weighted by Gasteiger charge is 2.59. The van der Waals surface area contributed by atoms with Crippen molar-refractivity contribution >= 4 is 0 Å². The molecule has 0 aromatic carbocycles. The first-order chi connectivity index (χ1) is 10.6. The number of imidazole rings is 1. The monoisotopic (exact) mass is 305 g/mol. The summed E-state index contributed by atoms with van der Waals surface area (Å²) >= 11 is 0. The van der Waals surface area contributed by atoms with E-state index in [2.05, 4.69) is 28.7 Å². The van der Waals surface area contributed by atoms with Gasteiger partial charge in [0.25, 0.3) is 0 Å². The molecule has 22 heavy (non-hydrogen) atoms. The van der Waals surface area contributed by atoms with Gasteiger partial charge in [0.15, 0.2) is 0 Å². The third-order valence-electron chi connectivity index (χ3n) is 5.98. The van der Waals surface area contributed by atoms with E-state index in [1.807, 2.05) is 19.6 Å². The summed E-state index contributed by atoms with van der Waals surface area (Å²) in [5.74, 6) is 0.702. The van der Waals surface area contributed by atoms with E-state index in [1.165, 1.54) is 12.1 Å². The van der Waals surface area contributed by atoms with Gasteiger partial charge in [-0.25, -0.2) is 4.98 Å². The number of aromatic nitrogens is 2. The molecule has 1 aliphatic carbocycles. The standard InChI is InChI=1S/C17H27N3O2/c1-17(2)15(12-5-7-22-16(12)17)19-11-4-6-21-14(8-11)13-9-18-10-20(13)3/h9-12,14-16,19H,4-8H2,1-3H3/t11-,12+,14+,15-,16+/m1/s1. The number of nitrogens with zero attached hydrogens (tertiary/aromatic N) is 2. The lowest BCUT2D eigenvalue weighted by molar-refractivity contribution is -0.120. The summed E-state index contributed by atoms with van der Waals surface area (Å²) in [4.78, 5) is 4.22. The Hall–Kier alpha value is -0.910. The van der Waals surface area contributed by atoms with Gasteiger partial charge in [-0.3, -0.25) is 0 Å². The number of fused-ring (bicyclic) bond motifs is 1. The molecule has 0 spiro atoms. The van der Waals surface area contributed by atoms with Gasteiger partial charge in [-0.1, -0.05) is 13.8 Å². The smallest absolute Gasteiger partial charge is 0.100 e. The van der Waals surface area contributed by atoms with Crippen molar-refractivity contribution in [3.05, 3.63) is 18.2 Å². The van der Waals surface area contributed by atoms with E-state index in [9.17, 15) is 0 Å². The Bertz CT molecular complexity index is 542. The Labute approximate surface area is 132 Å².